The fourth-order valence-electron chi connectivity index (χ4n) is 3.40. The van der Waals surface area contributed by atoms with Crippen LogP contribution in [-0.2, 0) is 24.2 Å². The number of amides is 2. The van der Waals surface area contributed by atoms with Gasteiger partial charge in [-0.3, -0.25) is 4.79 Å². The number of anilines is 1. The van der Waals surface area contributed by atoms with E-state index in [1.54, 1.807) is 0 Å². The minimum Gasteiger partial charge on any atom is -0.465 e. The number of nitrogens with zero attached hydrogens (tertiary/aromatic N) is 2. The summed E-state index contributed by atoms with van der Waals surface area (Å²) in [4.78, 5) is 25.8. The first-order chi connectivity index (χ1) is 14.6. The number of hydrogen-bond donors (Lipinski definition) is 2. The Hall–Kier alpha value is -3.25. The number of benzene rings is 1. The SMILES string of the molecule is CC.N#Cc1c(NC(=O)CCc2cccc3c2OCO3)sc2c1CCN(C(=O)O)C2. The highest BCUT2D eigenvalue weighted by Crippen LogP contribution is 2.38. The fourth-order valence-corrected chi connectivity index (χ4v) is 4.63. The second-order valence-corrected chi connectivity index (χ2v) is 7.58. The summed E-state index contributed by atoms with van der Waals surface area (Å²) in [7, 11) is 0. The molecule has 0 unspecified atom stereocenters. The lowest BCUT2D eigenvalue weighted by Crippen LogP contribution is -2.34. The van der Waals surface area contributed by atoms with Crippen LogP contribution in [0.5, 0.6) is 11.5 Å². The zero-order valence-electron chi connectivity index (χ0n) is 16.9. The summed E-state index contributed by atoms with van der Waals surface area (Å²) < 4.78 is 10.8. The maximum Gasteiger partial charge on any atom is 0.407 e. The highest BCUT2D eigenvalue weighted by molar-refractivity contribution is 7.16. The molecule has 3 heterocycles. The van der Waals surface area contributed by atoms with Gasteiger partial charge in [-0.15, -0.1) is 11.3 Å². The van der Waals surface area contributed by atoms with Crippen LogP contribution in [0, 0.1) is 11.3 Å². The Morgan fingerprint density at radius 2 is 2.13 bits per heavy atom. The molecule has 2 amide bonds. The third-order valence-corrected chi connectivity index (χ3v) is 5.92. The van der Waals surface area contributed by atoms with Crippen molar-refractivity contribution in [2.45, 2.75) is 39.7 Å². The van der Waals surface area contributed by atoms with Gasteiger partial charge in [0.2, 0.25) is 12.7 Å². The summed E-state index contributed by atoms with van der Waals surface area (Å²) in [6, 6.07) is 7.73. The number of nitrogens with one attached hydrogen (secondary N) is 1. The molecule has 2 aliphatic heterocycles. The quantitative estimate of drug-likeness (QED) is 0.760. The van der Waals surface area contributed by atoms with Crippen LogP contribution >= 0.6 is 11.3 Å². The van der Waals surface area contributed by atoms with E-state index in [-0.39, 0.29) is 25.7 Å². The largest absolute Gasteiger partial charge is 0.465 e. The van der Waals surface area contributed by atoms with Crippen LogP contribution in [-0.4, -0.2) is 35.3 Å². The molecule has 158 valence electrons. The number of nitriles is 1. The van der Waals surface area contributed by atoms with E-state index in [0.29, 0.717) is 41.4 Å². The summed E-state index contributed by atoms with van der Waals surface area (Å²) in [6.07, 6.45) is 0.210. The molecule has 4 rings (SSSR count). The van der Waals surface area contributed by atoms with Crippen molar-refractivity contribution in [3.05, 3.63) is 39.8 Å². The van der Waals surface area contributed by atoms with Crippen molar-refractivity contribution < 1.29 is 24.2 Å². The van der Waals surface area contributed by atoms with Gasteiger partial charge in [-0.25, -0.2) is 4.79 Å². The number of rotatable bonds is 4. The monoisotopic (exact) mass is 429 g/mol. The molecule has 30 heavy (non-hydrogen) atoms. The molecule has 2 aromatic rings. The highest BCUT2D eigenvalue weighted by atomic mass is 32.1. The zero-order valence-corrected chi connectivity index (χ0v) is 17.7. The van der Waals surface area contributed by atoms with E-state index >= 15 is 0 Å². The molecule has 0 spiro atoms. The maximum atomic E-state index is 12.4. The van der Waals surface area contributed by atoms with Gasteiger partial charge >= 0.3 is 6.09 Å². The van der Waals surface area contributed by atoms with Crippen LogP contribution < -0.4 is 14.8 Å². The first kappa shape index (κ1) is 21.5. The Labute approximate surface area is 178 Å². The van der Waals surface area contributed by atoms with Gasteiger partial charge in [0.1, 0.15) is 11.1 Å². The van der Waals surface area contributed by atoms with Gasteiger partial charge < -0.3 is 24.8 Å². The summed E-state index contributed by atoms with van der Waals surface area (Å²) in [5.41, 5.74) is 2.18. The number of hydrogen-bond acceptors (Lipinski definition) is 6. The number of aryl methyl sites for hydroxylation is 1. The van der Waals surface area contributed by atoms with Crippen molar-refractivity contribution in [3.63, 3.8) is 0 Å². The van der Waals surface area contributed by atoms with Gasteiger partial charge in [0.15, 0.2) is 11.5 Å². The Morgan fingerprint density at radius 3 is 2.87 bits per heavy atom. The van der Waals surface area contributed by atoms with E-state index in [4.69, 9.17) is 14.6 Å². The van der Waals surface area contributed by atoms with Crippen molar-refractivity contribution in [1.29, 1.82) is 5.26 Å². The first-order valence-electron chi connectivity index (χ1n) is 9.76. The average Bonchev–Trinajstić information content (AvgIpc) is 3.37. The smallest absolute Gasteiger partial charge is 0.407 e. The van der Waals surface area contributed by atoms with E-state index in [1.807, 2.05) is 32.0 Å². The van der Waals surface area contributed by atoms with Gasteiger partial charge in [0.05, 0.1) is 12.1 Å². The van der Waals surface area contributed by atoms with Crippen molar-refractivity contribution in [3.8, 4) is 17.6 Å². The van der Waals surface area contributed by atoms with Gasteiger partial charge in [0.25, 0.3) is 0 Å². The molecule has 2 aliphatic rings. The molecule has 0 atom stereocenters. The molecule has 0 aliphatic carbocycles. The normalized spacial score (nSPS) is 13.6. The third-order valence-electron chi connectivity index (χ3n) is 4.79. The van der Waals surface area contributed by atoms with Crippen LogP contribution in [0.25, 0.3) is 0 Å². The van der Waals surface area contributed by atoms with Crippen LogP contribution in [0.15, 0.2) is 18.2 Å². The lowest BCUT2D eigenvalue weighted by Gasteiger charge is -2.23. The molecular formula is C21H23N3O5S. The minimum absolute atomic E-state index is 0.179. The average molecular weight is 429 g/mol. The Balaban J connectivity index is 0.00000124. The Morgan fingerprint density at radius 1 is 1.33 bits per heavy atom. The maximum absolute atomic E-state index is 12.4. The van der Waals surface area contributed by atoms with Crippen molar-refractivity contribution in [1.82, 2.24) is 4.90 Å². The highest BCUT2D eigenvalue weighted by Gasteiger charge is 2.27. The molecule has 0 bridgehead atoms. The Kier molecular flexibility index (Phi) is 6.79. The van der Waals surface area contributed by atoms with E-state index in [1.165, 1.54) is 16.2 Å². The molecule has 0 fully saturated rings. The molecule has 0 saturated heterocycles. The number of carbonyl (C=O) groups is 2. The molecule has 0 saturated carbocycles. The summed E-state index contributed by atoms with van der Waals surface area (Å²) >= 11 is 1.27. The lowest BCUT2D eigenvalue weighted by atomic mass is 10.0. The van der Waals surface area contributed by atoms with Crippen LogP contribution in [0.1, 0.15) is 41.8 Å². The second kappa shape index (κ2) is 9.50. The number of carbonyl (C=O) groups excluding carboxylic acids is 1. The summed E-state index contributed by atoms with van der Waals surface area (Å²) in [5, 5.41) is 22.0. The summed E-state index contributed by atoms with van der Waals surface area (Å²) in [6.45, 7) is 4.77. The second-order valence-electron chi connectivity index (χ2n) is 6.47. The predicted molar refractivity (Wildman–Crippen MR) is 112 cm³/mol. The van der Waals surface area contributed by atoms with E-state index in [0.717, 1.165) is 16.0 Å². The predicted octanol–water partition coefficient (Wildman–Crippen LogP) is 3.98. The van der Waals surface area contributed by atoms with Crippen LogP contribution in [0.4, 0.5) is 9.80 Å². The van der Waals surface area contributed by atoms with Gasteiger partial charge in [-0.2, -0.15) is 5.26 Å². The van der Waals surface area contributed by atoms with Gasteiger partial charge in [-0.1, -0.05) is 26.0 Å². The minimum atomic E-state index is -0.982. The number of fused-ring (bicyclic) bond motifs is 2. The molecule has 1 aromatic carbocycles. The topological polar surface area (TPSA) is 112 Å². The standard InChI is InChI=1S/C19H17N3O5S.C2H6/c20-8-13-12-6-7-22(19(24)25)9-15(12)28-18(13)21-16(23)5-4-11-2-1-3-14-17(11)27-10-26-14;1-2/h1-3H,4-7,9-10H2,(H,21,23)(H,24,25);1-2H3. The Bertz CT molecular complexity index is 995. The lowest BCUT2D eigenvalue weighted by molar-refractivity contribution is -0.116. The fraction of sp³-hybridized carbons (Fsp3) is 0.381. The van der Waals surface area contributed by atoms with E-state index in [9.17, 15) is 14.9 Å². The van der Waals surface area contributed by atoms with E-state index in [2.05, 4.69) is 11.4 Å². The first-order valence-corrected chi connectivity index (χ1v) is 10.6. The zero-order chi connectivity index (χ0) is 21.7. The van der Waals surface area contributed by atoms with Crippen LogP contribution in [0.3, 0.4) is 0 Å². The molecule has 1 aromatic heterocycles. The number of ether oxygens (including phenoxy) is 2. The van der Waals surface area contributed by atoms with Crippen LogP contribution in [0.2, 0.25) is 0 Å². The molecule has 0 radical (unpaired) electrons. The van der Waals surface area contributed by atoms with Gasteiger partial charge in [0, 0.05) is 17.8 Å². The summed E-state index contributed by atoms with van der Waals surface area (Å²) in [5.74, 6) is 1.15. The molecule has 2 N–H and O–H groups in total. The number of para-hydroxylation sites is 1. The van der Waals surface area contributed by atoms with Gasteiger partial charge in [-0.05, 0) is 30.0 Å². The van der Waals surface area contributed by atoms with E-state index < -0.39 is 6.09 Å². The number of carboxylic acid groups (broad SMARTS) is 1. The number of thiophene rings is 1. The third kappa shape index (κ3) is 4.33. The van der Waals surface area contributed by atoms with Crippen molar-refractivity contribution >= 4 is 28.3 Å². The molecule has 9 heteroatoms. The van der Waals surface area contributed by atoms with Crippen molar-refractivity contribution in [2.24, 2.45) is 0 Å². The van der Waals surface area contributed by atoms with Crippen molar-refractivity contribution in [2.75, 3.05) is 18.7 Å². The molecule has 8 nitrogen and oxygen atoms in total. The molecular weight excluding hydrogens is 406 g/mol.